The van der Waals surface area contributed by atoms with E-state index in [-0.39, 0.29) is 0 Å². The Bertz CT molecular complexity index is 137. The van der Waals surface area contributed by atoms with Crippen molar-refractivity contribution < 1.29 is 0 Å². The summed E-state index contributed by atoms with van der Waals surface area (Å²) in [7, 11) is 0. The SMILES string of the molecule is CC(CC1CC1)NC1CCNC1. The summed E-state index contributed by atoms with van der Waals surface area (Å²) >= 11 is 0. The first kappa shape index (κ1) is 8.52. The molecule has 0 aromatic carbocycles. The maximum atomic E-state index is 3.69. The Hall–Kier alpha value is -0.0800. The van der Waals surface area contributed by atoms with Crippen LogP contribution in [-0.2, 0) is 0 Å². The van der Waals surface area contributed by atoms with E-state index >= 15 is 0 Å². The van der Waals surface area contributed by atoms with Crippen LogP contribution in [0.25, 0.3) is 0 Å². The zero-order valence-electron chi connectivity index (χ0n) is 7.97. The molecule has 1 aliphatic heterocycles. The maximum Gasteiger partial charge on any atom is 0.0207 e. The summed E-state index contributed by atoms with van der Waals surface area (Å²) < 4.78 is 0. The molecule has 12 heavy (non-hydrogen) atoms. The number of nitrogens with one attached hydrogen (secondary N) is 2. The summed E-state index contributed by atoms with van der Waals surface area (Å²) in [6, 6.07) is 1.49. The fraction of sp³-hybridized carbons (Fsp3) is 1.00. The summed E-state index contributed by atoms with van der Waals surface area (Å²) in [5.41, 5.74) is 0. The molecule has 0 radical (unpaired) electrons. The molecule has 0 amide bonds. The van der Waals surface area contributed by atoms with Crippen molar-refractivity contribution in [1.82, 2.24) is 10.6 Å². The molecule has 2 unspecified atom stereocenters. The Morgan fingerprint density at radius 2 is 2.25 bits per heavy atom. The lowest BCUT2D eigenvalue weighted by Gasteiger charge is -2.18. The molecule has 2 heteroatoms. The average molecular weight is 168 g/mol. The Balaban J connectivity index is 1.62. The maximum absolute atomic E-state index is 3.69. The monoisotopic (exact) mass is 168 g/mol. The molecule has 2 N–H and O–H groups in total. The highest BCUT2D eigenvalue weighted by Crippen LogP contribution is 2.33. The van der Waals surface area contributed by atoms with Gasteiger partial charge in [-0.25, -0.2) is 0 Å². The minimum atomic E-state index is 0.738. The molecule has 2 fully saturated rings. The van der Waals surface area contributed by atoms with Gasteiger partial charge >= 0.3 is 0 Å². The zero-order valence-corrected chi connectivity index (χ0v) is 7.97. The van der Waals surface area contributed by atoms with Gasteiger partial charge in [0.05, 0.1) is 0 Å². The highest BCUT2D eigenvalue weighted by atomic mass is 15.0. The second-order valence-corrected chi connectivity index (χ2v) is 4.44. The quantitative estimate of drug-likeness (QED) is 0.657. The van der Waals surface area contributed by atoms with Crippen LogP contribution >= 0.6 is 0 Å². The molecule has 1 heterocycles. The van der Waals surface area contributed by atoms with Crippen LogP contribution < -0.4 is 10.6 Å². The topological polar surface area (TPSA) is 24.1 Å². The predicted molar refractivity (Wildman–Crippen MR) is 51.2 cm³/mol. The Kier molecular flexibility index (Phi) is 2.66. The Labute approximate surface area is 75.1 Å². The van der Waals surface area contributed by atoms with E-state index in [2.05, 4.69) is 17.6 Å². The third kappa shape index (κ3) is 2.46. The van der Waals surface area contributed by atoms with Crippen LogP contribution in [0, 0.1) is 5.92 Å². The van der Waals surface area contributed by atoms with E-state index in [0.29, 0.717) is 0 Å². The molecule has 2 nitrogen and oxygen atoms in total. The highest BCUT2D eigenvalue weighted by molar-refractivity contribution is 4.83. The van der Waals surface area contributed by atoms with Crippen LogP contribution in [0.5, 0.6) is 0 Å². The first-order valence-electron chi connectivity index (χ1n) is 5.31. The Morgan fingerprint density at radius 1 is 1.42 bits per heavy atom. The molecule has 2 atom stereocenters. The van der Waals surface area contributed by atoms with Gasteiger partial charge < -0.3 is 10.6 Å². The van der Waals surface area contributed by atoms with Gasteiger partial charge in [-0.15, -0.1) is 0 Å². The summed E-state index contributed by atoms with van der Waals surface area (Å²) in [6.07, 6.45) is 5.68. The molecule has 0 aromatic heterocycles. The third-order valence-corrected chi connectivity index (χ3v) is 2.96. The lowest BCUT2D eigenvalue weighted by molar-refractivity contribution is 0.429. The molecule has 70 valence electrons. The minimum absolute atomic E-state index is 0.738. The van der Waals surface area contributed by atoms with Crippen molar-refractivity contribution in [2.75, 3.05) is 13.1 Å². The van der Waals surface area contributed by atoms with Crippen molar-refractivity contribution in [2.45, 2.75) is 44.7 Å². The van der Waals surface area contributed by atoms with Gasteiger partial charge in [0.25, 0.3) is 0 Å². The molecule has 1 saturated heterocycles. The van der Waals surface area contributed by atoms with E-state index in [4.69, 9.17) is 0 Å². The van der Waals surface area contributed by atoms with Gasteiger partial charge in [-0.1, -0.05) is 12.8 Å². The lowest BCUT2D eigenvalue weighted by atomic mass is 10.1. The average Bonchev–Trinajstić information content (AvgIpc) is 2.66. The first-order chi connectivity index (χ1) is 5.84. The van der Waals surface area contributed by atoms with E-state index in [1.807, 2.05) is 0 Å². The van der Waals surface area contributed by atoms with Crippen LogP contribution in [0.3, 0.4) is 0 Å². The second-order valence-electron chi connectivity index (χ2n) is 4.44. The zero-order chi connectivity index (χ0) is 8.39. The van der Waals surface area contributed by atoms with Crippen LogP contribution in [0.15, 0.2) is 0 Å². The molecule has 2 aliphatic rings. The van der Waals surface area contributed by atoms with Gasteiger partial charge in [0.15, 0.2) is 0 Å². The molecule has 2 rings (SSSR count). The molecular weight excluding hydrogens is 148 g/mol. The normalized spacial score (nSPS) is 32.2. The van der Waals surface area contributed by atoms with Crippen LogP contribution in [-0.4, -0.2) is 25.2 Å². The fourth-order valence-electron chi connectivity index (χ4n) is 2.12. The summed E-state index contributed by atoms with van der Waals surface area (Å²) in [4.78, 5) is 0. The summed E-state index contributed by atoms with van der Waals surface area (Å²) in [5, 5.41) is 7.07. The van der Waals surface area contributed by atoms with E-state index in [1.54, 1.807) is 0 Å². The van der Waals surface area contributed by atoms with E-state index in [9.17, 15) is 0 Å². The molecule has 0 spiro atoms. The van der Waals surface area contributed by atoms with E-state index in [1.165, 1.54) is 38.8 Å². The van der Waals surface area contributed by atoms with Crippen LogP contribution in [0.4, 0.5) is 0 Å². The highest BCUT2D eigenvalue weighted by Gasteiger charge is 2.25. The van der Waals surface area contributed by atoms with Gasteiger partial charge in [0, 0.05) is 18.6 Å². The van der Waals surface area contributed by atoms with Gasteiger partial charge in [-0.2, -0.15) is 0 Å². The minimum Gasteiger partial charge on any atom is -0.315 e. The standard InChI is InChI=1S/C10H20N2/c1-8(6-9-2-3-9)12-10-4-5-11-7-10/h8-12H,2-7H2,1H3. The van der Waals surface area contributed by atoms with Gasteiger partial charge in [0.1, 0.15) is 0 Å². The van der Waals surface area contributed by atoms with Crippen molar-refractivity contribution in [3.8, 4) is 0 Å². The van der Waals surface area contributed by atoms with Crippen molar-refractivity contribution in [2.24, 2.45) is 5.92 Å². The molecule has 0 bridgehead atoms. The van der Waals surface area contributed by atoms with Crippen molar-refractivity contribution in [3.63, 3.8) is 0 Å². The summed E-state index contributed by atoms with van der Waals surface area (Å²) in [5.74, 6) is 1.06. The number of hydrogen-bond acceptors (Lipinski definition) is 2. The molecule has 1 saturated carbocycles. The van der Waals surface area contributed by atoms with E-state index < -0.39 is 0 Å². The third-order valence-electron chi connectivity index (χ3n) is 2.96. The lowest BCUT2D eigenvalue weighted by Crippen LogP contribution is -2.38. The molecule has 1 aliphatic carbocycles. The molecular formula is C10H20N2. The first-order valence-corrected chi connectivity index (χ1v) is 5.31. The van der Waals surface area contributed by atoms with Crippen molar-refractivity contribution in [3.05, 3.63) is 0 Å². The second kappa shape index (κ2) is 3.75. The predicted octanol–water partition coefficient (Wildman–Crippen LogP) is 1.13. The number of hydrogen-bond donors (Lipinski definition) is 2. The van der Waals surface area contributed by atoms with Crippen molar-refractivity contribution >= 4 is 0 Å². The smallest absolute Gasteiger partial charge is 0.0207 e. The van der Waals surface area contributed by atoms with Crippen LogP contribution in [0.2, 0.25) is 0 Å². The molecule has 0 aromatic rings. The Morgan fingerprint density at radius 3 is 2.83 bits per heavy atom. The van der Waals surface area contributed by atoms with Gasteiger partial charge in [-0.3, -0.25) is 0 Å². The van der Waals surface area contributed by atoms with Crippen molar-refractivity contribution in [1.29, 1.82) is 0 Å². The van der Waals surface area contributed by atoms with Crippen LogP contribution in [0.1, 0.15) is 32.6 Å². The fourth-order valence-corrected chi connectivity index (χ4v) is 2.12. The largest absolute Gasteiger partial charge is 0.315 e. The number of rotatable bonds is 4. The summed E-state index contributed by atoms with van der Waals surface area (Å²) in [6.45, 7) is 4.71. The van der Waals surface area contributed by atoms with E-state index in [0.717, 1.165) is 18.0 Å². The van der Waals surface area contributed by atoms with Gasteiger partial charge in [0.2, 0.25) is 0 Å². The van der Waals surface area contributed by atoms with Gasteiger partial charge in [-0.05, 0) is 32.2 Å².